The molecular weight excluding hydrogens is 168 g/mol. The van der Waals surface area contributed by atoms with Crippen LogP contribution in [0.15, 0.2) is 12.7 Å². The minimum atomic E-state index is 0.482. The monoisotopic (exact) mass is 186 g/mol. The predicted octanol–water partition coefficient (Wildman–Crippen LogP) is 1.68. The molecule has 1 aliphatic heterocycles. The van der Waals surface area contributed by atoms with E-state index in [0.717, 1.165) is 18.1 Å². The van der Waals surface area contributed by atoms with Crippen molar-refractivity contribution in [2.24, 2.45) is 5.84 Å². The first-order valence-corrected chi connectivity index (χ1v) is 5.62. The molecule has 0 spiro atoms. The molecule has 0 aliphatic carbocycles. The van der Waals surface area contributed by atoms with Gasteiger partial charge in [-0.2, -0.15) is 11.8 Å². The van der Waals surface area contributed by atoms with Crippen LogP contribution < -0.4 is 11.3 Å². The second-order valence-corrected chi connectivity index (χ2v) is 4.54. The lowest BCUT2D eigenvalue weighted by molar-refractivity contribution is 0.472. The Labute approximate surface area is 78.9 Å². The van der Waals surface area contributed by atoms with E-state index in [9.17, 15) is 0 Å². The highest BCUT2D eigenvalue weighted by molar-refractivity contribution is 8.00. The largest absolute Gasteiger partial charge is 0.271 e. The summed E-state index contributed by atoms with van der Waals surface area (Å²) in [7, 11) is 0. The van der Waals surface area contributed by atoms with E-state index in [1.165, 1.54) is 18.6 Å². The maximum Gasteiger partial charge on any atom is 0.0332 e. The molecule has 12 heavy (non-hydrogen) atoms. The van der Waals surface area contributed by atoms with E-state index in [1.54, 1.807) is 0 Å². The Kier molecular flexibility index (Phi) is 4.73. The summed E-state index contributed by atoms with van der Waals surface area (Å²) in [5.41, 5.74) is 2.91. The molecule has 0 radical (unpaired) electrons. The molecule has 0 aromatic rings. The number of allylic oxidation sites excluding steroid dienone is 1. The minimum absolute atomic E-state index is 0.482. The summed E-state index contributed by atoms with van der Waals surface area (Å²) in [6.07, 6.45) is 6.81. The zero-order valence-corrected chi connectivity index (χ0v) is 8.28. The van der Waals surface area contributed by atoms with Crippen LogP contribution in [0.1, 0.15) is 25.7 Å². The van der Waals surface area contributed by atoms with Gasteiger partial charge in [0.1, 0.15) is 0 Å². The van der Waals surface area contributed by atoms with Gasteiger partial charge in [0.2, 0.25) is 0 Å². The van der Waals surface area contributed by atoms with E-state index in [0.29, 0.717) is 6.04 Å². The molecule has 1 aliphatic rings. The Bertz CT molecular complexity index is 132. The molecule has 1 heterocycles. The average Bonchev–Trinajstić information content (AvgIpc) is 2.59. The maximum absolute atomic E-state index is 5.50. The van der Waals surface area contributed by atoms with Crippen molar-refractivity contribution in [3.63, 3.8) is 0 Å². The number of nitrogens with one attached hydrogen (secondary N) is 1. The van der Waals surface area contributed by atoms with E-state index in [1.807, 2.05) is 17.8 Å². The van der Waals surface area contributed by atoms with Crippen molar-refractivity contribution in [3.8, 4) is 0 Å². The normalized spacial score (nSPS) is 25.6. The SMILES string of the molecule is C=CCCC(NN)C1CCCS1. The molecule has 1 fully saturated rings. The van der Waals surface area contributed by atoms with Crippen molar-refractivity contribution in [1.82, 2.24) is 5.43 Å². The third-order valence-electron chi connectivity index (χ3n) is 2.31. The number of nitrogens with two attached hydrogens (primary N) is 1. The van der Waals surface area contributed by atoms with Crippen LogP contribution in [0.2, 0.25) is 0 Å². The van der Waals surface area contributed by atoms with Crippen LogP contribution in [0, 0.1) is 0 Å². The van der Waals surface area contributed by atoms with Gasteiger partial charge in [-0.05, 0) is 31.4 Å². The molecule has 0 saturated carbocycles. The molecule has 2 nitrogen and oxygen atoms in total. The van der Waals surface area contributed by atoms with Gasteiger partial charge in [0, 0.05) is 11.3 Å². The molecule has 3 heteroatoms. The molecule has 2 unspecified atom stereocenters. The number of thioether (sulfide) groups is 1. The van der Waals surface area contributed by atoms with Crippen LogP contribution in [-0.2, 0) is 0 Å². The van der Waals surface area contributed by atoms with Crippen molar-refractivity contribution >= 4 is 11.8 Å². The van der Waals surface area contributed by atoms with Gasteiger partial charge in [-0.1, -0.05) is 6.08 Å². The molecule has 1 saturated heterocycles. The third kappa shape index (κ3) is 2.81. The standard InChI is InChI=1S/C9H18N2S/c1-2-3-5-8(11-10)9-6-4-7-12-9/h2,8-9,11H,1,3-7,10H2. The van der Waals surface area contributed by atoms with Gasteiger partial charge in [0.15, 0.2) is 0 Å². The van der Waals surface area contributed by atoms with Crippen LogP contribution in [0.25, 0.3) is 0 Å². The van der Waals surface area contributed by atoms with Crippen LogP contribution in [0.4, 0.5) is 0 Å². The minimum Gasteiger partial charge on any atom is -0.271 e. The molecule has 0 amide bonds. The number of hydrogen-bond donors (Lipinski definition) is 2. The van der Waals surface area contributed by atoms with Gasteiger partial charge in [0.05, 0.1) is 0 Å². The summed E-state index contributed by atoms with van der Waals surface area (Å²) in [5.74, 6) is 6.80. The number of rotatable bonds is 5. The topological polar surface area (TPSA) is 38.0 Å². The third-order valence-corrected chi connectivity index (χ3v) is 3.83. The van der Waals surface area contributed by atoms with Gasteiger partial charge in [-0.25, -0.2) is 0 Å². The molecule has 0 aromatic heterocycles. The number of hydrogen-bond acceptors (Lipinski definition) is 3. The first-order valence-electron chi connectivity index (χ1n) is 4.57. The zero-order valence-electron chi connectivity index (χ0n) is 7.46. The molecule has 0 aromatic carbocycles. The summed E-state index contributed by atoms with van der Waals surface area (Å²) in [6, 6.07) is 0.482. The summed E-state index contributed by atoms with van der Waals surface area (Å²) in [4.78, 5) is 0. The van der Waals surface area contributed by atoms with Crippen LogP contribution in [0.3, 0.4) is 0 Å². The first kappa shape index (κ1) is 10.1. The summed E-state index contributed by atoms with van der Waals surface area (Å²) >= 11 is 2.05. The lowest BCUT2D eigenvalue weighted by atomic mass is 10.1. The average molecular weight is 186 g/mol. The Hall–Kier alpha value is 0.0100. The molecule has 1 rings (SSSR count). The highest BCUT2D eigenvalue weighted by Gasteiger charge is 2.23. The van der Waals surface area contributed by atoms with E-state index in [-0.39, 0.29) is 0 Å². The lowest BCUT2D eigenvalue weighted by Crippen LogP contribution is -2.41. The van der Waals surface area contributed by atoms with Crippen molar-refractivity contribution in [3.05, 3.63) is 12.7 Å². The van der Waals surface area contributed by atoms with Crippen LogP contribution in [-0.4, -0.2) is 17.0 Å². The fourth-order valence-corrected chi connectivity index (χ4v) is 3.01. The fraction of sp³-hybridized carbons (Fsp3) is 0.778. The van der Waals surface area contributed by atoms with Crippen molar-refractivity contribution < 1.29 is 0 Å². The highest BCUT2D eigenvalue weighted by Crippen LogP contribution is 2.30. The molecule has 3 N–H and O–H groups in total. The summed E-state index contributed by atoms with van der Waals surface area (Å²) < 4.78 is 0. The Balaban J connectivity index is 2.27. The maximum atomic E-state index is 5.50. The lowest BCUT2D eigenvalue weighted by Gasteiger charge is -2.20. The molecule has 2 atom stereocenters. The predicted molar refractivity (Wildman–Crippen MR) is 56.0 cm³/mol. The Morgan fingerprint density at radius 3 is 3.08 bits per heavy atom. The summed E-state index contributed by atoms with van der Waals surface area (Å²) in [6.45, 7) is 3.72. The van der Waals surface area contributed by atoms with Crippen LogP contribution >= 0.6 is 11.8 Å². The zero-order chi connectivity index (χ0) is 8.81. The second kappa shape index (κ2) is 5.62. The van der Waals surface area contributed by atoms with Gasteiger partial charge < -0.3 is 0 Å². The van der Waals surface area contributed by atoms with Crippen molar-refractivity contribution in [1.29, 1.82) is 0 Å². The van der Waals surface area contributed by atoms with Gasteiger partial charge >= 0.3 is 0 Å². The van der Waals surface area contributed by atoms with E-state index >= 15 is 0 Å². The van der Waals surface area contributed by atoms with E-state index in [2.05, 4.69) is 12.0 Å². The summed E-state index contributed by atoms with van der Waals surface area (Å²) in [5, 5.41) is 0.731. The van der Waals surface area contributed by atoms with E-state index < -0.39 is 0 Å². The van der Waals surface area contributed by atoms with Crippen molar-refractivity contribution in [2.75, 3.05) is 5.75 Å². The van der Waals surface area contributed by atoms with E-state index in [4.69, 9.17) is 5.84 Å². The second-order valence-electron chi connectivity index (χ2n) is 3.19. The highest BCUT2D eigenvalue weighted by atomic mass is 32.2. The Morgan fingerprint density at radius 2 is 2.58 bits per heavy atom. The van der Waals surface area contributed by atoms with Crippen LogP contribution in [0.5, 0.6) is 0 Å². The molecular formula is C9H18N2S. The molecule has 70 valence electrons. The number of hydrazine groups is 1. The fourth-order valence-electron chi connectivity index (χ4n) is 1.59. The smallest absolute Gasteiger partial charge is 0.0332 e. The Morgan fingerprint density at radius 1 is 1.75 bits per heavy atom. The van der Waals surface area contributed by atoms with Gasteiger partial charge in [0.25, 0.3) is 0 Å². The first-order chi connectivity index (χ1) is 5.88. The van der Waals surface area contributed by atoms with Gasteiger partial charge in [-0.15, -0.1) is 6.58 Å². The molecule has 0 bridgehead atoms. The van der Waals surface area contributed by atoms with Gasteiger partial charge in [-0.3, -0.25) is 11.3 Å². The van der Waals surface area contributed by atoms with Crippen molar-refractivity contribution in [2.45, 2.75) is 37.0 Å². The quantitative estimate of drug-likeness (QED) is 0.390.